The quantitative estimate of drug-likeness (QED) is 0.656. The van der Waals surface area contributed by atoms with Gasteiger partial charge in [-0.15, -0.1) is 0 Å². The molecule has 0 saturated carbocycles. The molecule has 3 aromatic rings. The number of hydrogen-bond donors (Lipinski definition) is 2. The van der Waals surface area contributed by atoms with E-state index in [0.29, 0.717) is 41.7 Å². The molecule has 0 unspecified atom stereocenters. The van der Waals surface area contributed by atoms with Crippen LogP contribution in [0.5, 0.6) is 11.5 Å². The Bertz CT molecular complexity index is 1120. The minimum absolute atomic E-state index is 0.284. The average Bonchev–Trinajstić information content (AvgIpc) is 2.75. The molecule has 144 valence electrons. The second-order valence-corrected chi connectivity index (χ2v) is 6.19. The molecule has 2 amide bonds. The number of carbonyl (C=O) groups is 2. The summed E-state index contributed by atoms with van der Waals surface area (Å²) in [6, 6.07) is 13.9. The molecule has 2 heterocycles. The van der Waals surface area contributed by atoms with Crippen LogP contribution >= 0.6 is 0 Å². The molecule has 0 spiro atoms. The van der Waals surface area contributed by atoms with E-state index in [9.17, 15) is 9.59 Å². The van der Waals surface area contributed by atoms with Crippen molar-refractivity contribution in [1.82, 2.24) is 10.3 Å². The lowest BCUT2D eigenvalue weighted by atomic mass is 10.1. The van der Waals surface area contributed by atoms with Gasteiger partial charge in [0.1, 0.15) is 11.5 Å². The van der Waals surface area contributed by atoms with Crippen molar-refractivity contribution in [1.29, 1.82) is 0 Å². The van der Waals surface area contributed by atoms with Crippen LogP contribution in [0.4, 0.5) is 5.69 Å². The maximum absolute atomic E-state index is 12.3. The van der Waals surface area contributed by atoms with Crippen LogP contribution in [0.25, 0.3) is 10.9 Å². The number of aliphatic imine (C=N–C) groups is 2. The van der Waals surface area contributed by atoms with E-state index in [1.54, 1.807) is 60.9 Å². The second kappa shape index (κ2) is 8.30. The molecule has 2 aromatic carbocycles. The van der Waals surface area contributed by atoms with Crippen molar-refractivity contribution in [3.8, 4) is 11.5 Å². The summed E-state index contributed by atoms with van der Waals surface area (Å²) in [5, 5.41) is 6.05. The van der Waals surface area contributed by atoms with Gasteiger partial charge in [-0.2, -0.15) is 0 Å². The number of guanidine groups is 1. The van der Waals surface area contributed by atoms with Crippen LogP contribution in [-0.2, 0) is 4.79 Å². The van der Waals surface area contributed by atoms with Crippen LogP contribution in [0.3, 0.4) is 0 Å². The lowest BCUT2D eigenvalue weighted by Crippen LogP contribution is -2.30. The van der Waals surface area contributed by atoms with Gasteiger partial charge in [-0.1, -0.05) is 0 Å². The summed E-state index contributed by atoms with van der Waals surface area (Å²) in [5.74, 6) is 1.20. The van der Waals surface area contributed by atoms with Gasteiger partial charge in [0.25, 0.3) is 5.91 Å². The highest BCUT2D eigenvalue weighted by atomic mass is 16.5. The molecule has 1 aliphatic heterocycles. The molecule has 1 aromatic heterocycles. The van der Waals surface area contributed by atoms with Crippen LogP contribution in [0.2, 0.25) is 0 Å². The van der Waals surface area contributed by atoms with Crippen LogP contribution in [0.15, 0.2) is 64.7 Å². The van der Waals surface area contributed by atoms with Gasteiger partial charge in [0.15, 0.2) is 0 Å². The Morgan fingerprint density at radius 1 is 1.10 bits per heavy atom. The van der Waals surface area contributed by atoms with Crippen LogP contribution in [0.1, 0.15) is 16.8 Å². The largest absolute Gasteiger partial charge is 0.457 e. The number of amides is 2. The highest BCUT2D eigenvalue weighted by molar-refractivity contribution is 6.07. The number of carbonyl (C=O) groups excluding carboxylic acids is 2. The van der Waals surface area contributed by atoms with Gasteiger partial charge in [0, 0.05) is 42.0 Å². The van der Waals surface area contributed by atoms with Crippen LogP contribution in [0, 0.1) is 0 Å². The monoisotopic (exact) mass is 387 g/mol. The molecule has 0 radical (unpaired) electrons. The number of hydrogen-bond acceptors (Lipinski definition) is 6. The summed E-state index contributed by atoms with van der Waals surface area (Å²) in [7, 11) is 0. The van der Waals surface area contributed by atoms with Gasteiger partial charge in [-0.05, 0) is 48.5 Å². The molecule has 4 rings (SSSR count). The van der Waals surface area contributed by atoms with Gasteiger partial charge in [0.2, 0.25) is 12.4 Å². The molecule has 0 atom stereocenters. The first-order valence-electron chi connectivity index (χ1n) is 8.98. The summed E-state index contributed by atoms with van der Waals surface area (Å²) >= 11 is 0. The zero-order valence-corrected chi connectivity index (χ0v) is 15.3. The Hall–Kier alpha value is -4.07. The standard InChI is InChI=1S/C21H17N5O3/c27-13-25-15-4-7-18-17(12-15)19(8-11-22-18)29-16-5-2-14(3-6-16)20(28)26-21-23-9-1-10-24-21/h2-9,11-13H,1,10H2,(H,25,27)(H,24,26,28). The molecule has 0 fully saturated rings. The van der Waals surface area contributed by atoms with Gasteiger partial charge in [0.05, 0.1) is 5.52 Å². The first-order valence-corrected chi connectivity index (χ1v) is 8.98. The number of anilines is 1. The topological polar surface area (TPSA) is 105 Å². The second-order valence-electron chi connectivity index (χ2n) is 6.19. The van der Waals surface area contributed by atoms with E-state index in [-0.39, 0.29) is 5.91 Å². The molecular formula is C21H17N5O3. The van der Waals surface area contributed by atoms with Crippen molar-refractivity contribution in [2.24, 2.45) is 9.98 Å². The van der Waals surface area contributed by atoms with Gasteiger partial charge in [-0.25, -0.2) is 4.99 Å². The highest BCUT2D eigenvalue weighted by Gasteiger charge is 2.11. The Morgan fingerprint density at radius 3 is 2.72 bits per heavy atom. The number of pyridine rings is 1. The van der Waals surface area contributed by atoms with E-state index in [1.807, 2.05) is 0 Å². The molecule has 8 heteroatoms. The van der Waals surface area contributed by atoms with Crippen molar-refractivity contribution >= 4 is 41.1 Å². The Morgan fingerprint density at radius 2 is 1.97 bits per heavy atom. The van der Waals surface area contributed by atoms with Gasteiger partial charge in [-0.3, -0.25) is 24.9 Å². The summed E-state index contributed by atoms with van der Waals surface area (Å²) in [4.78, 5) is 35.5. The smallest absolute Gasteiger partial charge is 0.258 e. The summed E-state index contributed by atoms with van der Waals surface area (Å²) in [6.45, 7) is 0.621. The Kier molecular flexibility index (Phi) is 5.24. The normalized spacial score (nSPS) is 12.9. The highest BCUT2D eigenvalue weighted by Crippen LogP contribution is 2.30. The van der Waals surface area contributed by atoms with Crippen molar-refractivity contribution in [3.05, 3.63) is 60.3 Å². The number of benzene rings is 2. The third kappa shape index (κ3) is 4.27. The Labute approximate surface area is 166 Å². The van der Waals surface area contributed by atoms with E-state index in [2.05, 4.69) is 25.6 Å². The molecule has 8 nitrogen and oxygen atoms in total. The zero-order valence-electron chi connectivity index (χ0n) is 15.3. The van der Waals surface area contributed by atoms with E-state index < -0.39 is 0 Å². The number of nitrogens with zero attached hydrogens (tertiary/aromatic N) is 3. The van der Waals surface area contributed by atoms with E-state index in [4.69, 9.17) is 4.74 Å². The minimum atomic E-state index is -0.284. The fourth-order valence-electron chi connectivity index (χ4n) is 2.83. The predicted octanol–water partition coefficient (Wildman–Crippen LogP) is 3.16. The molecule has 29 heavy (non-hydrogen) atoms. The van der Waals surface area contributed by atoms with E-state index in [1.165, 1.54) is 0 Å². The maximum Gasteiger partial charge on any atom is 0.258 e. The minimum Gasteiger partial charge on any atom is -0.457 e. The molecule has 0 aliphatic carbocycles. The summed E-state index contributed by atoms with van der Waals surface area (Å²) < 4.78 is 5.97. The van der Waals surface area contributed by atoms with Crippen molar-refractivity contribution in [2.45, 2.75) is 6.42 Å². The number of aromatic nitrogens is 1. The van der Waals surface area contributed by atoms with Crippen molar-refractivity contribution < 1.29 is 14.3 Å². The summed E-state index contributed by atoms with van der Waals surface area (Å²) in [6.07, 6.45) is 4.78. The Balaban J connectivity index is 1.52. The molecule has 1 aliphatic rings. The fourth-order valence-corrected chi connectivity index (χ4v) is 2.83. The maximum atomic E-state index is 12.3. The first-order chi connectivity index (χ1) is 14.2. The summed E-state index contributed by atoms with van der Waals surface area (Å²) in [5.41, 5.74) is 1.85. The number of ether oxygens (including phenoxy) is 1. The third-order valence-corrected chi connectivity index (χ3v) is 4.23. The average molecular weight is 387 g/mol. The number of nitrogens with one attached hydrogen (secondary N) is 2. The lowest BCUT2D eigenvalue weighted by molar-refractivity contribution is -0.105. The molecule has 2 N–H and O–H groups in total. The zero-order chi connectivity index (χ0) is 20.1. The SMILES string of the molecule is O=CNc1ccc2nccc(Oc3ccc(C(=O)NC4=NCCC=N4)cc3)c2c1. The van der Waals surface area contributed by atoms with E-state index in [0.717, 1.165) is 17.3 Å². The number of fused-ring (bicyclic) bond motifs is 1. The van der Waals surface area contributed by atoms with Gasteiger partial charge >= 0.3 is 0 Å². The molecule has 0 saturated heterocycles. The van der Waals surface area contributed by atoms with Crippen molar-refractivity contribution in [2.75, 3.05) is 11.9 Å². The third-order valence-electron chi connectivity index (χ3n) is 4.23. The molecule has 0 bridgehead atoms. The van der Waals surface area contributed by atoms with Crippen molar-refractivity contribution in [3.63, 3.8) is 0 Å². The predicted molar refractivity (Wildman–Crippen MR) is 111 cm³/mol. The first kappa shape index (κ1) is 18.3. The number of rotatable bonds is 5. The lowest BCUT2D eigenvalue weighted by Gasteiger charge is -2.11. The van der Waals surface area contributed by atoms with Gasteiger partial charge < -0.3 is 10.1 Å². The fraction of sp³-hybridized carbons (Fsp3) is 0.0952. The van der Waals surface area contributed by atoms with Crippen LogP contribution < -0.4 is 15.4 Å². The van der Waals surface area contributed by atoms with E-state index >= 15 is 0 Å². The molecular weight excluding hydrogens is 370 g/mol. The van der Waals surface area contributed by atoms with Crippen LogP contribution in [-0.4, -0.2) is 36.0 Å².